The van der Waals surface area contributed by atoms with E-state index in [-0.39, 0.29) is 5.89 Å². The molecule has 26 heavy (non-hydrogen) atoms. The third-order valence-electron chi connectivity index (χ3n) is 4.52. The molecule has 2 aromatic rings. The lowest BCUT2D eigenvalue weighted by molar-refractivity contribution is 0.0438. The third-order valence-corrected chi connectivity index (χ3v) is 4.52. The molecule has 3 rings (SSSR count). The minimum Gasteiger partial charge on any atom is -0.493 e. The van der Waals surface area contributed by atoms with Crippen molar-refractivity contribution in [2.75, 3.05) is 60.6 Å². The molecule has 0 saturated carbocycles. The Morgan fingerprint density at radius 3 is 2.54 bits per heavy atom. The van der Waals surface area contributed by atoms with Crippen LogP contribution in [0.1, 0.15) is 17.1 Å². The van der Waals surface area contributed by atoms with E-state index in [2.05, 4.69) is 21.8 Å². The highest BCUT2D eigenvalue weighted by Crippen LogP contribution is 2.32. The number of aromatic nitrogens is 1. The van der Waals surface area contributed by atoms with Crippen LogP contribution in [-0.2, 0) is 4.74 Å². The van der Waals surface area contributed by atoms with E-state index in [1.54, 1.807) is 19.2 Å². The number of hydrogen-bond donors (Lipinski definition) is 0. The summed E-state index contributed by atoms with van der Waals surface area (Å²) >= 11 is 0. The van der Waals surface area contributed by atoms with Gasteiger partial charge in [0.15, 0.2) is 17.1 Å². The number of carbonyl (C=O) groups excluding carboxylic acids is 1. The van der Waals surface area contributed by atoms with Gasteiger partial charge in [0.25, 0.3) is 0 Å². The van der Waals surface area contributed by atoms with Crippen molar-refractivity contribution < 1.29 is 23.4 Å². The molecule has 1 fully saturated rings. The third kappa shape index (κ3) is 4.25. The molecule has 142 valence electrons. The highest BCUT2D eigenvalue weighted by atomic mass is 16.5. The average Bonchev–Trinajstić information content (AvgIpc) is 3.08. The number of oxazole rings is 1. The van der Waals surface area contributed by atoms with Crippen LogP contribution in [0.4, 0.5) is 0 Å². The van der Waals surface area contributed by atoms with Crippen LogP contribution in [0.5, 0.6) is 11.5 Å². The maximum atomic E-state index is 12.2. The molecule has 8 nitrogen and oxygen atoms in total. The molecule has 8 heteroatoms. The van der Waals surface area contributed by atoms with E-state index >= 15 is 0 Å². The Kier molecular flexibility index (Phi) is 5.95. The van der Waals surface area contributed by atoms with E-state index in [1.165, 1.54) is 7.11 Å². The molecule has 0 radical (unpaired) electrons. The zero-order chi connectivity index (χ0) is 18.5. The van der Waals surface area contributed by atoms with Gasteiger partial charge in [-0.15, -0.1) is 0 Å². The fourth-order valence-electron chi connectivity index (χ4n) is 2.93. The monoisotopic (exact) mass is 363 g/mol. The molecule has 0 amide bonds. The first kappa shape index (κ1) is 18.5. The van der Waals surface area contributed by atoms with Crippen molar-refractivity contribution in [1.82, 2.24) is 14.8 Å². The molecule has 2 heterocycles. The highest BCUT2D eigenvalue weighted by molar-refractivity contribution is 5.89. The van der Waals surface area contributed by atoms with E-state index < -0.39 is 5.97 Å². The van der Waals surface area contributed by atoms with Gasteiger partial charge in [-0.1, -0.05) is 0 Å². The lowest BCUT2D eigenvalue weighted by Gasteiger charge is -2.32. The van der Waals surface area contributed by atoms with Crippen LogP contribution >= 0.6 is 0 Å². The summed E-state index contributed by atoms with van der Waals surface area (Å²) in [7, 11) is 5.21. The van der Waals surface area contributed by atoms with Crippen LogP contribution in [0, 0.1) is 0 Å². The summed E-state index contributed by atoms with van der Waals surface area (Å²) in [5, 5.41) is 0. The number of likely N-dealkylation sites (N-methyl/N-ethyl adjacent to an activating group) is 1. The zero-order valence-electron chi connectivity index (χ0n) is 15.5. The lowest BCUT2D eigenvalue weighted by Crippen LogP contribution is -2.44. The van der Waals surface area contributed by atoms with Gasteiger partial charge in [0.2, 0.25) is 0 Å². The number of fused-ring (bicyclic) bond motifs is 1. The SMILES string of the molecule is COc1cc2nc(C(=O)OCCCN3CCN(C)CC3)oc2cc1OC. The van der Waals surface area contributed by atoms with E-state index in [0.29, 0.717) is 29.2 Å². The molecular weight excluding hydrogens is 338 g/mol. The van der Waals surface area contributed by atoms with Gasteiger partial charge in [-0.05, 0) is 13.5 Å². The van der Waals surface area contributed by atoms with Crippen LogP contribution in [-0.4, -0.2) is 81.4 Å². The van der Waals surface area contributed by atoms with Crippen LogP contribution in [0.3, 0.4) is 0 Å². The second-order valence-corrected chi connectivity index (χ2v) is 6.33. The topological polar surface area (TPSA) is 77.3 Å². The summed E-state index contributed by atoms with van der Waals surface area (Å²) in [5.41, 5.74) is 0.971. The molecule has 1 aliphatic rings. The van der Waals surface area contributed by atoms with Crippen molar-refractivity contribution in [3.8, 4) is 11.5 Å². The van der Waals surface area contributed by atoms with Crippen LogP contribution < -0.4 is 9.47 Å². The number of esters is 1. The van der Waals surface area contributed by atoms with Crippen molar-refractivity contribution in [2.45, 2.75) is 6.42 Å². The van der Waals surface area contributed by atoms with E-state index in [9.17, 15) is 4.79 Å². The molecule has 0 spiro atoms. The summed E-state index contributed by atoms with van der Waals surface area (Å²) in [6, 6.07) is 3.31. The molecule has 0 unspecified atom stereocenters. The Balaban J connectivity index is 1.53. The number of carbonyl (C=O) groups is 1. The maximum Gasteiger partial charge on any atom is 0.394 e. The number of rotatable bonds is 7. The average molecular weight is 363 g/mol. The highest BCUT2D eigenvalue weighted by Gasteiger charge is 2.19. The number of methoxy groups -OCH3 is 2. The fourth-order valence-corrected chi connectivity index (χ4v) is 2.93. The largest absolute Gasteiger partial charge is 0.493 e. The van der Waals surface area contributed by atoms with Crippen molar-refractivity contribution >= 4 is 17.1 Å². The summed E-state index contributed by atoms with van der Waals surface area (Å²) in [6.07, 6.45) is 0.789. The van der Waals surface area contributed by atoms with Crippen molar-refractivity contribution in [3.63, 3.8) is 0 Å². The Hall–Kier alpha value is -2.32. The summed E-state index contributed by atoms with van der Waals surface area (Å²) in [6.45, 7) is 5.53. The van der Waals surface area contributed by atoms with Gasteiger partial charge in [-0.2, -0.15) is 0 Å². The van der Waals surface area contributed by atoms with Gasteiger partial charge in [-0.25, -0.2) is 9.78 Å². The first-order valence-electron chi connectivity index (χ1n) is 8.71. The number of piperazine rings is 1. The molecule has 0 N–H and O–H groups in total. The molecule has 1 aromatic heterocycles. The van der Waals surface area contributed by atoms with Crippen LogP contribution in [0.2, 0.25) is 0 Å². The van der Waals surface area contributed by atoms with Gasteiger partial charge in [0.1, 0.15) is 5.52 Å². The van der Waals surface area contributed by atoms with Crippen molar-refractivity contribution in [3.05, 3.63) is 18.0 Å². The molecule has 1 saturated heterocycles. The Morgan fingerprint density at radius 2 is 1.85 bits per heavy atom. The van der Waals surface area contributed by atoms with E-state index in [4.69, 9.17) is 18.6 Å². The van der Waals surface area contributed by atoms with Crippen LogP contribution in [0.15, 0.2) is 16.5 Å². The normalized spacial score (nSPS) is 16.0. The summed E-state index contributed by atoms with van der Waals surface area (Å²) in [5.74, 6) is 0.427. The smallest absolute Gasteiger partial charge is 0.394 e. The molecule has 1 aromatic carbocycles. The second-order valence-electron chi connectivity index (χ2n) is 6.33. The standard InChI is InChI=1S/C18H25N3O5/c1-20-6-8-21(9-7-20)5-4-10-25-18(22)17-19-13-11-15(23-2)16(24-3)12-14(13)26-17/h11-12H,4-10H2,1-3H3. The Morgan fingerprint density at radius 1 is 1.15 bits per heavy atom. The van der Waals surface area contributed by atoms with E-state index in [0.717, 1.165) is 39.1 Å². The quantitative estimate of drug-likeness (QED) is 0.543. The first-order chi connectivity index (χ1) is 12.6. The molecular formula is C18H25N3O5. The minimum absolute atomic E-state index is 0.0603. The zero-order valence-corrected chi connectivity index (χ0v) is 15.5. The molecule has 0 bridgehead atoms. The fraction of sp³-hybridized carbons (Fsp3) is 0.556. The first-order valence-corrected chi connectivity index (χ1v) is 8.71. The maximum absolute atomic E-state index is 12.2. The van der Waals surface area contributed by atoms with Gasteiger partial charge in [0.05, 0.1) is 20.8 Å². The van der Waals surface area contributed by atoms with Gasteiger partial charge in [-0.3, -0.25) is 0 Å². The van der Waals surface area contributed by atoms with Crippen molar-refractivity contribution in [2.24, 2.45) is 0 Å². The predicted molar refractivity (Wildman–Crippen MR) is 95.9 cm³/mol. The number of nitrogens with zero attached hydrogens (tertiary/aromatic N) is 3. The number of ether oxygens (including phenoxy) is 3. The Bertz CT molecular complexity index is 712. The minimum atomic E-state index is -0.558. The van der Waals surface area contributed by atoms with Crippen molar-refractivity contribution in [1.29, 1.82) is 0 Å². The summed E-state index contributed by atoms with van der Waals surface area (Å²) < 4.78 is 21.2. The molecule has 0 aliphatic carbocycles. The molecule has 0 atom stereocenters. The number of benzene rings is 1. The van der Waals surface area contributed by atoms with Gasteiger partial charge >= 0.3 is 11.9 Å². The van der Waals surface area contributed by atoms with E-state index in [1.807, 2.05) is 0 Å². The second kappa shape index (κ2) is 8.37. The molecule has 1 aliphatic heterocycles. The summed E-state index contributed by atoms with van der Waals surface area (Å²) in [4.78, 5) is 21.0. The van der Waals surface area contributed by atoms with Crippen LogP contribution in [0.25, 0.3) is 11.1 Å². The Labute approximate surface area is 152 Å². The van der Waals surface area contributed by atoms with Gasteiger partial charge in [0, 0.05) is 44.9 Å². The predicted octanol–water partition coefficient (Wildman–Crippen LogP) is 1.64. The lowest BCUT2D eigenvalue weighted by atomic mass is 10.3. The van der Waals surface area contributed by atoms with Gasteiger partial charge < -0.3 is 28.4 Å². The number of hydrogen-bond acceptors (Lipinski definition) is 8.